The molecule has 1 aliphatic heterocycles. The highest BCUT2D eigenvalue weighted by atomic mass is 79.9. The first-order valence-electron chi connectivity index (χ1n) is 8.15. The Labute approximate surface area is 155 Å². The Balaban J connectivity index is 1.61. The smallest absolute Gasteiger partial charge is 0.243 e. The lowest BCUT2D eigenvalue weighted by atomic mass is 10.1. The Bertz CT molecular complexity index is 835. The van der Waals surface area contributed by atoms with E-state index in [4.69, 9.17) is 0 Å². The molecule has 130 valence electrons. The maximum atomic E-state index is 12.2. The van der Waals surface area contributed by atoms with E-state index in [2.05, 4.69) is 26.6 Å². The summed E-state index contributed by atoms with van der Waals surface area (Å²) in [7, 11) is 0. The highest BCUT2D eigenvalue weighted by Crippen LogP contribution is 2.30. The summed E-state index contributed by atoms with van der Waals surface area (Å²) in [5.41, 5.74) is 4.79. The number of aryl methyl sites for hydroxylation is 1. The van der Waals surface area contributed by atoms with Crippen LogP contribution in [-0.4, -0.2) is 24.9 Å². The van der Waals surface area contributed by atoms with Crippen LogP contribution >= 0.6 is 15.9 Å². The summed E-state index contributed by atoms with van der Waals surface area (Å²) >= 11 is 3.43. The number of rotatable bonds is 4. The number of nitrogens with one attached hydrogen (secondary N) is 2. The summed E-state index contributed by atoms with van der Waals surface area (Å²) < 4.78 is 1.01. The van der Waals surface area contributed by atoms with Gasteiger partial charge in [0.25, 0.3) is 0 Å². The average molecular weight is 402 g/mol. The van der Waals surface area contributed by atoms with Gasteiger partial charge in [0, 0.05) is 35.0 Å². The molecule has 2 aromatic rings. The molecule has 0 aromatic heterocycles. The third-order valence-corrected chi connectivity index (χ3v) is 4.76. The first-order valence-corrected chi connectivity index (χ1v) is 8.94. The normalized spacial score (nSPS) is 12.7. The van der Waals surface area contributed by atoms with Crippen LogP contribution in [0.2, 0.25) is 0 Å². The van der Waals surface area contributed by atoms with Crippen molar-refractivity contribution in [1.82, 2.24) is 0 Å². The van der Waals surface area contributed by atoms with Gasteiger partial charge in [0.05, 0.1) is 6.54 Å². The maximum Gasteiger partial charge on any atom is 0.243 e. The SMILES string of the molecule is CC(=O)N1CCc2cc(NC(=O)CNc3ccc(Br)cc3C)ccc21. The van der Waals surface area contributed by atoms with Gasteiger partial charge in [-0.3, -0.25) is 9.59 Å². The quantitative estimate of drug-likeness (QED) is 0.820. The number of nitrogens with zero attached hydrogens (tertiary/aromatic N) is 1. The van der Waals surface area contributed by atoms with E-state index in [1.54, 1.807) is 11.8 Å². The lowest BCUT2D eigenvalue weighted by Gasteiger charge is -2.15. The van der Waals surface area contributed by atoms with E-state index in [1.807, 2.05) is 43.3 Å². The van der Waals surface area contributed by atoms with Gasteiger partial charge in [0.1, 0.15) is 0 Å². The van der Waals surface area contributed by atoms with Gasteiger partial charge in [0.15, 0.2) is 0 Å². The lowest BCUT2D eigenvalue weighted by molar-refractivity contribution is -0.116. The topological polar surface area (TPSA) is 61.4 Å². The fourth-order valence-electron chi connectivity index (χ4n) is 3.01. The van der Waals surface area contributed by atoms with Crippen molar-refractivity contribution in [1.29, 1.82) is 0 Å². The molecular weight excluding hydrogens is 382 g/mol. The molecule has 2 amide bonds. The summed E-state index contributed by atoms with van der Waals surface area (Å²) in [5, 5.41) is 6.05. The van der Waals surface area contributed by atoms with Gasteiger partial charge in [-0.2, -0.15) is 0 Å². The van der Waals surface area contributed by atoms with Crippen LogP contribution in [0.4, 0.5) is 17.1 Å². The van der Waals surface area contributed by atoms with Crippen molar-refractivity contribution >= 4 is 44.8 Å². The van der Waals surface area contributed by atoms with Crippen molar-refractivity contribution in [3.05, 3.63) is 52.0 Å². The standard InChI is InChI=1S/C19H20BrN3O2/c1-12-9-15(20)3-5-17(12)21-11-19(25)22-16-4-6-18-14(10-16)7-8-23(18)13(2)24/h3-6,9-10,21H,7-8,11H2,1-2H3,(H,22,25). The van der Waals surface area contributed by atoms with Crippen LogP contribution in [0.5, 0.6) is 0 Å². The van der Waals surface area contributed by atoms with Crippen LogP contribution in [0.1, 0.15) is 18.1 Å². The van der Waals surface area contributed by atoms with E-state index < -0.39 is 0 Å². The van der Waals surface area contributed by atoms with Crippen LogP contribution < -0.4 is 15.5 Å². The minimum Gasteiger partial charge on any atom is -0.376 e. The summed E-state index contributed by atoms with van der Waals surface area (Å²) in [6, 6.07) is 11.6. The van der Waals surface area contributed by atoms with E-state index in [0.717, 1.165) is 39.1 Å². The van der Waals surface area contributed by atoms with Crippen LogP contribution in [0, 0.1) is 6.92 Å². The third-order valence-electron chi connectivity index (χ3n) is 4.27. The zero-order valence-electron chi connectivity index (χ0n) is 14.2. The molecule has 5 nitrogen and oxygen atoms in total. The zero-order valence-corrected chi connectivity index (χ0v) is 15.8. The number of carbonyl (C=O) groups excluding carboxylic acids is 2. The highest BCUT2D eigenvalue weighted by molar-refractivity contribution is 9.10. The monoisotopic (exact) mass is 401 g/mol. The van der Waals surface area contributed by atoms with Gasteiger partial charge in [0.2, 0.25) is 11.8 Å². The predicted molar refractivity (Wildman–Crippen MR) is 104 cm³/mol. The van der Waals surface area contributed by atoms with Crippen molar-refractivity contribution in [3.63, 3.8) is 0 Å². The minimum absolute atomic E-state index is 0.0459. The molecule has 6 heteroatoms. The van der Waals surface area contributed by atoms with Gasteiger partial charge in [-0.25, -0.2) is 0 Å². The molecule has 0 saturated carbocycles. The molecule has 0 fully saturated rings. The van der Waals surface area contributed by atoms with Crippen LogP contribution in [0.25, 0.3) is 0 Å². The second kappa shape index (κ2) is 7.27. The van der Waals surface area contributed by atoms with Gasteiger partial charge in [-0.15, -0.1) is 0 Å². The number of halogens is 1. The summed E-state index contributed by atoms with van der Waals surface area (Å²) in [6.07, 6.45) is 0.814. The second-order valence-corrected chi connectivity index (χ2v) is 7.04. The van der Waals surface area contributed by atoms with Crippen LogP contribution in [-0.2, 0) is 16.0 Å². The second-order valence-electron chi connectivity index (χ2n) is 6.13. The third kappa shape index (κ3) is 4.02. The average Bonchev–Trinajstić information content (AvgIpc) is 2.97. The van der Waals surface area contributed by atoms with Gasteiger partial charge in [-0.05, 0) is 60.9 Å². The molecular formula is C19H20BrN3O2. The van der Waals surface area contributed by atoms with Gasteiger partial charge in [-0.1, -0.05) is 15.9 Å². The van der Waals surface area contributed by atoms with Crippen LogP contribution in [0.3, 0.4) is 0 Å². The van der Waals surface area contributed by atoms with Crippen LogP contribution in [0.15, 0.2) is 40.9 Å². The molecule has 1 heterocycles. The van der Waals surface area contributed by atoms with Crippen molar-refractivity contribution in [3.8, 4) is 0 Å². The largest absolute Gasteiger partial charge is 0.376 e. The van der Waals surface area contributed by atoms with Gasteiger partial charge >= 0.3 is 0 Å². The predicted octanol–water partition coefficient (Wildman–Crippen LogP) is 3.72. The molecule has 0 bridgehead atoms. The maximum absolute atomic E-state index is 12.2. The molecule has 0 radical (unpaired) electrons. The van der Waals surface area contributed by atoms with E-state index in [9.17, 15) is 9.59 Å². The Morgan fingerprint density at radius 1 is 1.20 bits per heavy atom. The molecule has 0 unspecified atom stereocenters. The lowest BCUT2D eigenvalue weighted by Crippen LogP contribution is -2.25. The Morgan fingerprint density at radius 2 is 2.00 bits per heavy atom. The number of carbonyl (C=O) groups is 2. The van der Waals surface area contributed by atoms with E-state index in [1.165, 1.54) is 0 Å². The molecule has 25 heavy (non-hydrogen) atoms. The molecule has 0 spiro atoms. The van der Waals surface area contributed by atoms with Crippen molar-refractivity contribution in [2.75, 3.05) is 28.6 Å². The molecule has 0 saturated heterocycles. The summed E-state index contributed by atoms with van der Waals surface area (Å²) in [5.74, 6) is -0.0618. The summed E-state index contributed by atoms with van der Waals surface area (Å²) in [6.45, 7) is 4.46. The fourth-order valence-corrected chi connectivity index (χ4v) is 3.49. The summed E-state index contributed by atoms with van der Waals surface area (Å²) in [4.78, 5) is 25.5. The molecule has 0 aliphatic carbocycles. The van der Waals surface area contributed by atoms with E-state index in [-0.39, 0.29) is 18.4 Å². The number of amides is 2. The number of hydrogen-bond acceptors (Lipinski definition) is 3. The Hall–Kier alpha value is -2.34. The zero-order chi connectivity index (χ0) is 18.0. The van der Waals surface area contributed by atoms with Crippen molar-refractivity contribution in [2.45, 2.75) is 20.3 Å². The Morgan fingerprint density at radius 3 is 2.72 bits per heavy atom. The number of benzene rings is 2. The minimum atomic E-state index is -0.108. The number of anilines is 3. The molecule has 2 aromatic carbocycles. The first-order chi connectivity index (χ1) is 11.9. The molecule has 1 aliphatic rings. The molecule has 0 atom stereocenters. The van der Waals surface area contributed by atoms with Crippen molar-refractivity contribution < 1.29 is 9.59 Å². The first kappa shape index (κ1) is 17.5. The highest BCUT2D eigenvalue weighted by Gasteiger charge is 2.22. The van der Waals surface area contributed by atoms with Gasteiger partial charge < -0.3 is 15.5 Å². The number of hydrogen-bond donors (Lipinski definition) is 2. The fraction of sp³-hybridized carbons (Fsp3) is 0.263. The molecule has 3 rings (SSSR count). The van der Waals surface area contributed by atoms with E-state index in [0.29, 0.717) is 6.54 Å². The van der Waals surface area contributed by atoms with Crippen molar-refractivity contribution in [2.24, 2.45) is 0 Å². The number of fused-ring (bicyclic) bond motifs is 1. The van der Waals surface area contributed by atoms with E-state index >= 15 is 0 Å². The Kier molecular flexibility index (Phi) is 5.08. The molecule has 2 N–H and O–H groups in total.